The second-order valence-electron chi connectivity index (χ2n) is 18.0. The van der Waals surface area contributed by atoms with Gasteiger partial charge in [-0.1, -0.05) is 178 Å². The summed E-state index contributed by atoms with van der Waals surface area (Å²) in [4.78, 5) is 4.95. The Hall–Kier alpha value is -7.94. The highest BCUT2D eigenvalue weighted by molar-refractivity contribution is 6.12. The lowest BCUT2D eigenvalue weighted by Gasteiger charge is -2.34. The monoisotopic (exact) mass is 816 g/mol. The van der Waals surface area contributed by atoms with Gasteiger partial charge in [-0.05, 0) is 133 Å². The number of anilines is 6. The molecule has 0 amide bonds. The van der Waals surface area contributed by atoms with E-state index in [-0.39, 0.29) is 5.41 Å². The van der Waals surface area contributed by atoms with Crippen LogP contribution in [0.1, 0.15) is 47.2 Å². The highest BCUT2D eigenvalue weighted by atomic mass is 15.2. The molecular weight excluding hydrogens is 773 g/mol. The standard InChI is InChI=1S/C62H44N2/c1-61(2)53-31-17-14-28-48(53)50-36-34-45(39-56(50)61)63(42-21-6-3-7-22-42)46-35-37-51-49-29-15-18-32-54(49)62(57(51)40-46)55-33-19-16-30-52(55)59-58(62)38-41-20-12-13-27-47(41)60(59)64(43-23-8-4-9-24-43)44-25-10-5-11-26-44/h3-40H,1-2H3. The Labute approximate surface area is 375 Å². The second-order valence-corrected chi connectivity index (χ2v) is 18.0. The van der Waals surface area contributed by atoms with E-state index in [0.717, 1.165) is 28.4 Å². The predicted octanol–water partition coefficient (Wildman–Crippen LogP) is 16.4. The summed E-state index contributed by atoms with van der Waals surface area (Å²) in [5.41, 5.74) is 21.9. The van der Waals surface area contributed by atoms with Gasteiger partial charge in [0.05, 0.1) is 11.1 Å². The van der Waals surface area contributed by atoms with Gasteiger partial charge in [0.2, 0.25) is 0 Å². The van der Waals surface area contributed by atoms with Gasteiger partial charge in [-0.3, -0.25) is 0 Å². The van der Waals surface area contributed by atoms with E-state index < -0.39 is 5.41 Å². The third kappa shape index (κ3) is 5.02. The van der Waals surface area contributed by atoms with Gasteiger partial charge >= 0.3 is 0 Å². The number of benzene rings is 10. The Morgan fingerprint density at radius 1 is 0.297 bits per heavy atom. The average Bonchev–Trinajstić information content (AvgIpc) is 3.90. The molecule has 3 aliphatic carbocycles. The van der Waals surface area contributed by atoms with Crippen molar-refractivity contribution < 1.29 is 0 Å². The molecule has 13 rings (SSSR count). The van der Waals surface area contributed by atoms with E-state index in [4.69, 9.17) is 0 Å². The van der Waals surface area contributed by atoms with Crippen molar-refractivity contribution in [2.75, 3.05) is 9.80 Å². The molecule has 0 saturated heterocycles. The van der Waals surface area contributed by atoms with Crippen molar-refractivity contribution in [2.45, 2.75) is 24.7 Å². The van der Waals surface area contributed by atoms with Crippen molar-refractivity contribution in [2.24, 2.45) is 0 Å². The van der Waals surface area contributed by atoms with Gasteiger partial charge < -0.3 is 9.80 Å². The first-order valence-corrected chi connectivity index (χ1v) is 22.4. The fraction of sp³-hybridized carbons (Fsp3) is 0.0645. The Morgan fingerprint density at radius 3 is 1.36 bits per heavy atom. The molecule has 0 aliphatic heterocycles. The lowest BCUT2D eigenvalue weighted by atomic mass is 9.70. The van der Waals surface area contributed by atoms with Crippen molar-refractivity contribution >= 4 is 44.9 Å². The van der Waals surface area contributed by atoms with E-state index in [0.29, 0.717) is 0 Å². The third-order valence-electron chi connectivity index (χ3n) is 14.4. The van der Waals surface area contributed by atoms with Crippen LogP contribution in [0.5, 0.6) is 0 Å². The number of rotatable bonds is 6. The zero-order valence-electron chi connectivity index (χ0n) is 35.8. The molecular formula is C62H44N2. The minimum atomic E-state index is -0.588. The Bertz CT molecular complexity index is 3440. The Kier molecular flexibility index (Phi) is 7.90. The molecule has 64 heavy (non-hydrogen) atoms. The molecule has 0 heterocycles. The van der Waals surface area contributed by atoms with Crippen LogP contribution in [-0.4, -0.2) is 0 Å². The Morgan fingerprint density at radius 2 is 0.734 bits per heavy atom. The maximum atomic E-state index is 2.52. The molecule has 1 spiro atoms. The normalized spacial score (nSPS) is 15.5. The molecule has 0 saturated carbocycles. The summed E-state index contributed by atoms with van der Waals surface area (Å²) in [5.74, 6) is 0. The molecule has 1 unspecified atom stereocenters. The molecule has 0 bridgehead atoms. The molecule has 0 fully saturated rings. The largest absolute Gasteiger partial charge is 0.310 e. The van der Waals surface area contributed by atoms with Crippen molar-refractivity contribution in [3.05, 3.63) is 264 Å². The summed E-state index contributed by atoms with van der Waals surface area (Å²) in [6.07, 6.45) is 0. The quantitative estimate of drug-likeness (QED) is 0.165. The molecule has 302 valence electrons. The summed E-state index contributed by atoms with van der Waals surface area (Å²) in [6, 6.07) is 85.8. The van der Waals surface area contributed by atoms with E-state index in [1.165, 1.54) is 83.2 Å². The fourth-order valence-corrected chi connectivity index (χ4v) is 11.7. The maximum absolute atomic E-state index is 2.52. The van der Waals surface area contributed by atoms with Crippen LogP contribution >= 0.6 is 0 Å². The van der Waals surface area contributed by atoms with Crippen LogP contribution in [0.15, 0.2) is 231 Å². The first-order chi connectivity index (χ1) is 31.5. The van der Waals surface area contributed by atoms with Crippen LogP contribution < -0.4 is 9.80 Å². The van der Waals surface area contributed by atoms with Crippen LogP contribution in [0.3, 0.4) is 0 Å². The zero-order valence-corrected chi connectivity index (χ0v) is 35.8. The van der Waals surface area contributed by atoms with E-state index >= 15 is 0 Å². The molecule has 10 aromatic rings. The molecule has 2 heteroatoms. The van der Waals surface area contributed by atoms with Crippen molar-refractivity contribution in [3.8, 4) is 33.4 Å². The molecule has 0 radical (unpaired) electrons. The Balaban J connectivity index is 1.10. The minimum Gasteiger partial charge on any atom is -0.310 e. The molecule has 10 aromatic carbocycles. The van der Waals surface area contributed by atoms with Crippen LogP contribution in [0.2, 0.25) is 0 Å². The first-order valence-electron chi connectivity index (χ1n) is 22.4. The van der Waals surface area contributed by atoms with Crippen LogP contribution in [0.4, 0.5) is 34.1 Å². The average molecular weight is 817 g/mol. The second kappa shape index (κ2) is 13.8. The van der Waals surface area contributed by atoms with Gasteiger partial charge in [0, 0.05) is 44.8 Å². The van der Waals surface area contributed by atoms with Gasteiger partial charge in [-0.15, -0.1) is 0 Å². The summed E-state index contributed by atoms with van der Waals surface area (Å²) < 4.78 is 0. The maximum Gasteiger partial charge on any atom is 0.0727 e. The van der Waals surface area contributed by atoms with E-state index in [1.54, 1.807) is 0 Å². The number of fused-ring (bicyclic) bond motifs is 14. The lowest BCUT2D eigenvalue weighted by Crippen LogP contribution is -2.26. The number of hydrogen-bond donors (Lipinski definition) is 0. The van der Waals surface area contributed by atoms with Gasteiger partial charge in [-0.2, -0.15) is 0 Å². The summed E-state index contributed by atoms with van der Waals surface area (Å²) in [6.45, 7) is 4.74. The van der Waals surface area contributed by atoms with E-state index in [2.05, 4.69) is 254 Å². The van der Waals surface area contributed by atoms with Crippen molar-refractivity contribution in [3.63, 3.8) is 0 Å². The van der Waals surface area contributed by atoms with Gasteiger partial charge in [0.1, 0.15) is 0 Å². The fourth-order valence-electron chi connectivity index (χ4n) is 11.7. The van der Waals surface area contributed by atoms with Crippen LogP contribution in [-0.2, 0) is 10.8 Å². The highest BCUT2D eigenvalue weighted by Gasteiger charge is 2.53. The van der Waals surface area contributed by atoms with E-state index in [9.17, 15) is 0 Å². The minimum absolute atomic E-state index is 0.126. The smallest absolute Gasteiger partial charge is 0.0727 e. The lowest BCUT2D eigenvalue weighted by molar-refractivity contribution is 0.660. The van der Waals surface area contributed by atoms with Crippen LogP contribution in [0, 0.1) is 0 Å². The van der Waals surface area contributed by atoms with Crippen molar-refractivity contribution in [1.82, 2.24) is 0 Å². The van der Waals surface area contributed by atoms with E-state index in [1.807, 2.05) is 0 Å². The zero-order chi connectivity index (χ0) is 42.6. The predicted molar refractivity (Wildman–Crippen MR) is 267 cm³/mol. The first kappa shape index (κ1) is 36.7. The number of para-hydroxylation sites is 3. The van der Waals surface area contributed by atoms with Gasteiger partial charge in [0.25, 0.3) is 0 Å². The third-order valence-corrected chi connectivity index (χ3v) is 14.4. The topological polar surface area (TPSA) is 6.48 Å². The molecule has 3 aliphatic rings. The summed E-state index contributed by atoms with van der Waals surface area (Å²) in [7, 11) is 0. The molecule has 0 aromatic heterocycles. The SMILES string of the molecule is CC1(C)c2ccccc2-c2ccc(N(c3ccccc3)c3ccc4c(c3)C3(c5ccccc5-4)c4ccccc4-c4c3cc3ccccc3c4N(c3ccccc3)c3ccccc3)cc21. The van der Waals surface area contributed by atoms with Gasteiger partial charge in [-0.25, -0.2) is 0 Å². The summed E-state index contributed by atoms with van der Waals surface area (Å²) in [5, 5.41) is 2.44. The number of nitrogens with zero attached hydrogens (tertiary/aromatic N) is 2. The highest BCUT2D eigenvalue weighted by Crippen LogP contribution is 2.66. The van der Waals surface area contributed by atoms with Crippen LogP contribution in [0.25, 0.3) is 44.2 Å². The molecule has 1 atom stereocenters. The van der Waals surface area contributed by atoms with Crippen molar-refractivity contribution in [1.29, 1.82) is 0 Å². The molecule has 0 N–H and O–H groups in total. The number of hydrogen-bond acceptors (Lipinski definition) is 2. The molecule has 2 nitrogen and oxygen atoms in total. The summed E-state index contributed by atoms with van der Waals surface area (Å²) >= 11 is 0. The van der Waals surface area contributed by atoms with Gasteiger partial charge in [0.15, 0.2) is 0 Å².